The van der Waals surface area contributed by atoms with E-state index >= 15 is 0 Å². The van der Waals surface area contributed by atoms with E-state index in [2.05, 4.69) is 25.2 Å². The van der Waals surface area contributed by atoms with Crippen LogP contribution in [0.5, 0.6) is 0 Å². The minimum Gasteiger partial charge on any atom is -0.322 e. The van der Waals surface area contributed by atoms with Gasteiger partial charge in [-0.25, -0.2) is 8.42 Å². The maximum Gasteiger partial charge on any atom is 0.248 e. The van der Waals surface area contributed by atoms with Crippen molar-refractivity contribution in [1.82, 2.24) is 15.2 Å². The number of nitrogens with zero attached hydrogens (tertiary/aromatic N) is 2. The molecule has 0 radical (unpaired) electrons. The van der Waals surface area contributed by atoms with Gasteiger partial charge in [0.05, 0.1) is 11.9 Å². The molecule has 1 aromatic carbocycles. The number of aromatic nitrogens is 3. The van der Waals surface area contributed by atoms with Crippen LogP contribution in [-0.2, 0) is 15.7 Å². The molecule has 0 saturated heterocycles. The molecular weight excluding hydrogens is 354 g/mol. The molecule has 132 valence electrons. The van der Waals surface area contributed by atoms with Crippen LogP contribution in [0.4, 0.5) is 11.4 Å². The Labute approximate surface area is 151 Å². The Bertz CT molecular complexity index is 1000. The Morgan fingerprint density at radius 3 is 2.77 bits per heavy atom. The lowest BCUT2D eigenvalue weighted by Gasteiger charge is -2.05. The van der Waals surface area contributed by atoms with Gasteiger partial charge in [-0.05, 0) is 35.9 Å². The van der Waals surface area contributed by atoms with Crippen molar-refractivity contribution in [2.45, 2.75) is 0 Å². The number of amides is 1. The molecule has 26 heavy (non-hydrogen) atoms. The standard InChI is InChI=1S/C17H15N5O3S/c23-17(21-14-2-1-3-15(8-14)22-26(24)25)5-4-12-9-18-7-6-16(12)13-10-19-20-11-13/h1-11,26H,(H,19,20)(H,21,23)(H,22,24,25)/b5-4+. The normalized spacial score (nSPS) is 11.0. The van der Waals surface area contributed by atoms with Crippen LogP contribution in [0.3, 0.4) is 0 Å². The zero-order valence-electron chi connectivity index (χ0n) is 13.4. The van der Waals surface area contributed by atoms with Gasteiger partial charge in [0.25, 0.3) is 0 Å². The fourth-order valence-corrected chi connectivity index (χ4v) is 2.67. The van der Waals surface area contributed by atoms with Crippen molar-refractivity contribution < 1.29 is 13.2 Å². The Hall–Kier alpha value is -3.46. The van der Waals surface area contributed by atoms with Gasteiger partial charge in [-0.15, -0.1) is 0 Å². The van der Waals surface area contributed by atoms with E-state index in [-0.39, 0.29) is 5.91 Å². The first-order chi connectivity index (χ1) is 12.6. The average molecular weight is 369 g/mol. The lowest BCUT2D eigenvalue weighted by Crippen LogP contribution is -2.08. The van der Waals surface area contributed by atoms with Crippen molar-refractivity contribution in [2.75, 3.05) is 10.0 Å². The summed E-state index contributed by atoms with van der Waals surface area (Å²) in [5.41, 5.74) is 3.39. The summed E-state index contributed by atoms with van der Waals surface area (Å²) in [6, 6.07) is 8.25. The molecule has 2 aromatic heterocycles. The average Bonchev–Trinajstić information content (AvgIpc) is 3.14. The number of carbonyl (C=O) groups excluding carboxylic acids is 1. The molecule has 0 aliphatic heterocycles. The summed E-state index contributed by atoms with van der Waals surface area (Å²) in [6.07, 6.45) is 9.80. The number of thiol groups is 1. The van der Waals surface area contributed by atoms with Crippen molar-refractivity contribution in [3.05, 3.63) is 66.8 Å². The second-order valence-electron chi connectivity index (χ2n) is 5.22. The minimum absolute atomic E-state index is 0.351. The molecule has 0 unspecified atom stereocenters. The molecule has 1 amide bonds. The minimum atomic E-state index is -2.76. The van der Waals surface area contributed by atoms with E-state index in [0.29, 0.717) is 11.4 Å². The zero-order valence-corrected chi connectivity index (χ0v) is 14.3. The van der Waals surface area contributed by atoms with Gasteiger partial charge >= 0.3 is 0 Å². The van der Waals surface area contributed by atoms with E-state index in [9.17, 15) is 13.2 Å². The number of H-pyrrole nitrogens is 1. The van der Waals surface area contributed by atoms with Crippen LogP contribution in [0.15, 0.2) is 61.2 Å². The maximum atomic E-state index is 12.1. The van der Waals surface area contributed by atoms with E-state index < -0.39 is 10.9 Å². The van der Waals surface area contributed by atoms with Crippen LogP contribution >= 0.6 is 0 Å². The number of aromatic amines is 1. The number of rotatable bonds is 6. The van der Waals surface area contributed by atoms with E-state index in [1.165, 1.54) is 12.1 Å². The van der Waals surface area contributed by atoms with Crippen LogP contribution in [0, 0.1) is 0 Å². The summed E-state index contributed by atoms with van der Waals surface area (Å²) in [4.78, 5) is 16.2. The van der Waals surface area contributed by atoms with Crippen LogP contribution in [0.1, 0.15) is 5.56 Å². The fraction of sp³-hybridized carbons (Fsp3) is 0. The summed E-state index contributed by atoms with van der Waals surface area (Å²) in [5, 5.41) is 9.35. The number of carbonyl (C=O) groups is 1. The summed E-state index contributed by atoms with van der Waals surface area (Å²) in [6.45, 7) is 0. The first-order valence-corrected chi connectivity index (χ1v) is 8.73. The number of nitrogens with one attached hydrogen (secondary N) is 3. The number of anilines is 2. The summed E-state index contributed by atoms with van der Waals surface area (Å²) < 4.78 is 23.7. The fourth-order valence-electron chi connectivity index (χ4n) is 2.32. The largest absolute Gasteiger partial charge is 0.322 e. The second kappa shape index (κ2) is 8.08. The predicted molar refractivity (Wildman–Crippen MR) is 99.9 cm³/mol. The van der Waals surface area contributed by atoms with E-state index in [1.807, 2.05) is 6.07 Å². The molecule has 3 N–H and O–H groups in total. The molecule has 0 bridgehead atoms. The molecule has 0 saturated carbocycles. The lowest BCUT2D eigenvalue weighted by molar-refractivity contribution is -0.111. The monoisotopic (exact) mass is 369 g/mol. The number of hydrogen-bond acceptors (Lipinski definition) is 5. The van der Waals surface area contributed by atoms with Gasteiger partial charge in [0.2, 0.25) is 16.8 Å². The van der Waals surface area contributed by atoms with Crippen LogP contribution in [-0.4, -0.2) is 29.5 Å². The smallest absolute Gasteiger partial charge is 0.248 e. The van der Waals surface area contributed by atoms with Gasteiger partial charge in [-0.2, -0.15) is 5.10 Å². The Balaban J connectivity index is 1.73. The zero-order chi connectivity index (χ0) is 18.4. The molecule has 0 atom stereocenters. The highest BCUT2D eigenvalue weighted by Crippen LogP contribution is 2.22. The molecule has 3 rings (SSSR count). The van der Waals surface area contributed by atoms with Crippen molar-refractivity contribution in [3.63, 3.8) is 0 Å². The predicted octanol–water partition coefficient (Wildman–Crippen LogP) is 2.06. The second-order valence-corrected chi connectivity index (χ2v) is 5.96. The molecule has 0 fully saturated rings. The number of pyridine rings is 1. The van der Waals surface area contributed by atoms with Crippen LogP contribution in [0.2, 0.25) is 0 Å². The number of benzene rings is 1. The third kappa shape index (κ3) is 4.54. The summed E-state index contributed by atoms with van der Waals surface area (Å²) >= 11 is 0. The molecule has 0 aliphatic rings. The first kappa shape index (κ1) is 17.4. The van der Waals surface area contributed by atoms with Crippen molar-refractivity contribution >= 4 is 34.2 Å². The molecular formula is C17H15N5O3S. The van der Waals surface area contributed by atoms with E-state index in [4.69, 9.17) is 0 Å². The van der Waals surface area contributed by atoms with Crippen molar-refractivity contribution in [2.24, 2.45) is 0 Å². The Morgan fingerprint density at radius 1 is 1.15 bits per heavy atom. The molecule has 3 aromatic rings. The quantitative estimate of drug-likeness (QED) is 0.392. The third-order valence-electron chi connectivity index (χ3n) is 3.43. The summed E-state index contributed by atoms with van der Waals surface area (Å²) in [5.74, 6) is -0.351. The third-order valence-corrected chi connectivity index (χ3v) is 3.87. The van der Waals surface area contributed by atoms with Gasteiger partial charge < -0.3 is 5.32 Å². The number of hydrogen-bond donors (Lipinski definition) is 4. The van der Waals surface area contributed by atoms with Gasteiger partial charge in [0.15, 0.2) is 0 Å². The van der Waals surface area contributed by atoms with Gasteiger partial charge in [-0.1, -0.05) is 6.07 Å². The molecule has 0 spiro atoms. The lowest BCUT2D eigenvalue weighted by atomic mass is 10.0. The van der Waals surface area contributed by atoms with Crippen LogP contribution in [0.25, 0.3) is 17.2 Å². The highest BCUT2D eigenvalue weighted by atomic mass is 32.2. The maximum absolute atomic E-state index is 12.1. The van der Waals surface area contributed by atoms with E-state index in [1.54, 1.807) is 49.1 Å². The van der Waals surface area contributed by atoms with E-state index in [0.717, 1.165) is 16.7 Å². The van der Waals surface area contributed by atoms with Crippen molar-refractivity contribution in [3.8, 4) is 11.1 Å². The molecule has 8 nitrogen and oxygen atoms in total. The molecule has 2 heterocycles. The first-order valence-electron chi connectivity index (χ1n) is 7.55. The van der Waals surface area contributed by atoms with Gasteiger partial charge in [-0.3, -0.25) is 19.6 Å². The topological polar surface area (TPSA) is 117 Å². The van der Waals surface area contributed by atoms with Gasteiger partial charge in [0.1, 0.15) is 0 Å². The highest BCUT2D eigenvalue weighted by Gasteiger charge is 2.05. The highest BCUT2D eigenvalue weighted by molar-refractivity contribution is 7.73. The Morgan fingerprint density at radius 2 is 2.00 bits per heavy atom. The Kier molecular flexibility index (Phi) is 5.40. The summed E-state index contributed by atoms with van der Waals surface area (Å²) in [7, 11) is -2.76. The van der Waals surface area contributed by atoms with Gasteiger partial charge in [0, 0.05) is 41.5 Å². The molecule has 9 heteroatoms. The van der Waals surface area contributed by atoms with Crippen LogP contribution < -0.4 is 10.0 Å². The molecule has 0 aliphatic carbocycles. The van der Waals surface area contributed by atoms with Crippen molar-refractivity contribution in [1.29, 1.82) is 0 Å². The SMILES string of the molecule is O=C(/C=C/c1cnccc1-c1cn[nH]c1)Nc1cccc(N[SH](=O)=O)c1.